The van der Waals surface area contributed by atoms with E-state index in [9.17, 15) is 1.37 Å². The third kappa shape index (κ3) is 3.82. The summed E-state index contributed by atoms with van der Waals surface area (Å²) in [7, 11) is 0. The second-order valence-electron chi connectivity index (χ2n) is 11.4. The molecule has 0 spiro atoms. The fraction of sp³-hybridized carbons (Fsp3) is 0.0233. The van der Waals surface area contributed by atoms with Crippen LogP contribution in [-0.4, -0.2) is 0 Å². The maximum atomic E-state index is 9.34. The van der Waals surface area contributed by atoms with E-state index in [1.165, 1.54) is 0 Å². The molecule has 0 saturated carbocycles. The van der Waals surface area contributed by atoms with Crippen LogP contribution in [0.4, 0.5) is 17.1 Å². The van der Waals surface area contributed by atoms with Gasteiger partial charge in [-0.25, -0.2) is 0 Å². The summed E-state index contributed by atoms with van der Waals surface area (Å²) < 4.78 is 41.5. The van der Waals surface area contributed by atoms with Gasteiger partial charge in [0.05, 0.1) is 10.9 Å². The Bertz CT molecular complexity index is 2520. The largest absolute Gasteiger partial charge is 0.456 e. The van der Waals surface area contributed by atoms with Crippen LogP contribution in [0.3, 0.4) is 0 Å². The molecule has 9 rings (SSSR count). The summed E-state index contributed by atoms with van der Waals surface area (Å²) in [5, 5.41) is 1.95. The molecule has 7 aromatic carbocycles. The van der Waals surface area contributed by atoms with E-state index in [0.29, 0.717) is 5.56 Å². The van der Waals surface area contributed by atoms with Crippen molar-refractivity contribution in [1.29, 1.82) is 0 Å². The maximum absolute atomic E-state index is 9.34. The van der Waals surface area contributed by atoms with E-state index < -0.39 is 5.41 Å². The number of para-hydroxylation sites is 3. The van der Waals surface area contributed by atoms with Crippen LogP contribution in [0.15, 0.2) is 180 Å². The highest BCUT2D eigenvalue weighted by atomic mass is 16.3. The van der Waals surface area contributed by atoms with Gasteiger partial charge in [0.15, 0.2) is 0 Å². The average molecular weight is 580 g/mol. The predicted molar refractivity (Wildman–Crippen MR) is 186 cm³/mol. The Kier molecular flexibility index (Phi) is 4.89. The lowest BCUT2D eigenvalue weighted by atomic mass is 9.67. The minimum Gasteiger partial charge on any atom is -0.456 e. The molecule has 1 aliphatic rings. The lowest BCUT2D eigenvalue weighted by Crippen LogP contribution is -2.28. The fourth-order valence-electron chi connectivity index (χ4n) is 7.21. The Morgan fingerprint density at radius 3 is 1.98 bits per heavy atom. The molecule has 0 saturated heterocycles. The normalized spacial score (nSPS) is 16.4. The number of benzene rings is 7. The molecule has 1 aromatic heterocycles. The van der Waals surface area contributed by atoms with E-state index in [-0.39, 0.29) is 24.2 Å². The van der Waals surface area contributed by atoms with Crippen molar-refractivity contribution in [2.45, 2.75) is 5.41 Å². The molecule has 1 heterocycles. The molecule has 1 unspecified atom stereocenters. The molecule has 0 bridgehead atoms. The quantitative estimate of drug-likeness (QED) is 0.202. The number of hydrogen-bond acceptors (Lipinski definition) is 2. The van der Waals surface area contributed by atoms with Crippen molar-refractivity contribution >= 4 is 39.0 Å². The Morgan fingerprint density at radius 1 is 0.467 bits per heavy atom. The summed E-state index contributed by atoms with van der Waals surface area (Å²) in [4.78, 5) is 2.24. The lowest BCUT2D eigenvalue weighted by Gasteiger charge is -2.34. The zero-order valence-corrected chi connectivity index (χ0v) is 24.3. The molecule has 212 valence electrons. The molecule has 1 aliphatic carbocycles. The van der Waals surface area contributed by atoms with Crippen molar-refractivity contribution < 1.29 is 9.90 Å². The summed E-state index contributed by atoms with van der Waals surface area (Å²) in [6.07, 6.45) is 0. The van der Waals surface area contributed by atoms with E-state index in [1.807, 2.05) is 78.9 Å². The monoisotopic (exact) mass is 579 g/mol. The van der Waals surface area contributed by atoms with Gasteiger partial charge in [0, 0.05) is 27.8 Å². The van der Waals surface area contributed by atoms with Gasteiger partial charge in [0.2, 0.25) is 0 Å². The molecule has 0 aliphatic heterocycles. The highest BCUT2D eigenvalue weighted by Gasteiger charge is 2.46. The summed E-state index contributed by atoms with van der Waals surface area (Å²) >= 11 is 0. The summed E-state index contributed by atoms with van der Waals surface area (Å²) in [6.45, 7) is 0. The predicted octanol–water partition coefficient (Wildman–Crippen LogP) is 11.4. The number of nitrogens with zero attached hydrogens (tertiary/aromatic N) is 1. The van der Waals surface area contributed by atoms with E-state index in [4.69, 9.17) is 8.53 Å². The molecule has 1 atom stereocenters. The van der Waals surface area contributed by atoms with E-state index >= 15 is 0 Å². The standard InChI is InChI=1S/C43H29NO/c1-4-14-30(15-5-1)43(31-24-27-42-38(28-31)36-21-11-13-23-41(36)45-42)39-22-12-10-20-35(39)37-29-34(25-26-40(37)43)44(32-16-6-2-7-17-32)33-18-8-3-9-19-33/h1-29H/i1D,4D,5D,14D. The molecule has 0 fully saturated rings. The first-order valence-electron chi connectivity index (χ1n) is 17.1. The van der Waals surface area contributed by atoms with Crippen LogP contribution >= 0.6 is 0 Å². The van der Waals surface area contributed by atoms with Gasteiger partial charge in [-0.3, -0.25) is 0 Å². The van der Waals surface area contributed by atoms with Gasteiger partial charge < -0.3 is 9.32 Å². The SMILES string of the molecule is [2H]c1cc(C2(c3ccc4oc5ccccc5c4c3)c3ccccc3-c3cc(N(c4ccccc4)c4ccccc4)ccc32)c([2H])c([2H])c1[2H]. The zero-order chi connectivity index (χ0) is 33.3. The average Bonchev–Trinajstić information content (AvgIpc) is 3.66. The van der Waals surface area contributed by atoms with Crippen molar-refractivity contribution in [3.8, 4) is 11.1 Å². The first-order valence-corrected chi connectivity index (χ1v) is 15.1. The molecule has 0 radical (unpaired) electrons. The van der Waals surface area contributed by atoms with Crippen LogP contribution in [0.5, 0.6) is 0 Å². The smallest absolute Gasteiger partial charge is 0.135 e. The van der Waals surface area contributed by atoms with Crippen molar-refractivity contribution in [3.05, 3.63) is 198 Å². The Labute approximate surface area is 268 Å². The number of fused-ring (bicyclic) bond motifs is 6. The highest BCUT2D eigenvalue weighted by Crippen LogP contribution is 2.57. The van der Waals surface area contributed by atoms with E-state index in [2.05, 4.69) is 71.6 Å². The molecule has 45 heavy (non-hydrogen) atoms. The van der Waals surface area contributed by atoms with E-state index in [0.717, 1.165) is 66.8 Å². The minimum absolute atomic E-state index is 0.0555. The first kappa shape index (κ1) is 21.8. The molecular formula is C43H29NO. The van der Waals surface area contributed by atoms with E-state index in [1.54, 1.807) is 6.07 Å². The van der Waals surface area contributed by atoms with Gasteiger partial charge in [-0.2, -0.15) is 0 Å². The molecule has 2 nitrogen and oxygen atoms in total. The Hall–Kier alpha value is -5.86. The van der Waals surface area contributed by atoms with Crippen molar-refractivity contribution in [2.75, 3.05) is 4.90 Å². The van der Waals surface area contributed by atoms with Crippen molar-refractivity contribution in [2.24, 2.45) is 0 Å². The molecule has 8 aromatic rings. The molecule has 0 N–H and O–H groups in total. The van der Waals surface area contributed by atoms with Crippen LogP contribution in [-0.2, 0) is 5.41 Å². The highest BCUT2D eigenvalue weighted by molar-refractivity contribution is 6.05. The minimum atomic E-state index is -1.04. The van der Waals surface area contributed by atoms with Gasteiger partial charge >= 0.3 is 0 Å². The summed E-state index contributed by atoms with van der Waals surface area (Å²) in [5.41, 5.74) is 8.90. The molecular weight excluding hydrogens is 546 g/mol. The van der Waals surface area contributed by atoms with Crippen LogP contribution in [0.25, 0.3) is 33.1 Å². The zero-order valence-electron chi connectivity index (χ0n) is 28.3. The molecule has 0 amide bonds. The van der Waals surface area contributed by atoms with Gasteiger partial charge in [-0.05, 0) is 88.0 Å². The third-order valence-corrected chi connectivity index (χ3v) is 9.08. The van der Waals surface area contributed by atoms with Crippen LogP contribution < -0.4 is 4.90 Å². The second kappa shape index (κ2) is 10.1. The van der Waals surface area contributed by atoms with Crippen LogP contribution in [0.2, 0.25) is 0 Å². The molecule has 2 heteroatoms. The fourth-order valence-corrected chi connectivity index (χ4v) is 7.21. The van der Waals surface area contributed by atoms with Crippen LogP contribution in [0.1, 0.15) is 27.7 Å². The van der Waals surface area contributed by atoms with Gasteiger partial charge in [0.1, 0.15) is 11.2 Å². The number of rotatable bonds is 5. The Morgan fingerprint density at radius 2 is 1.16 bits per heavy atom. The number of hydrogen-bond donors (Lipinski definition) is 0. The lowest BCUT2D eigenvalue weighted by molar-refractivity contribution is 0.668. The second-order valence-corrected chi connectivity index (χ2v) is 11.4. The number of furan rings is 1. The van der Waals surface area contributed by atoms with Gasteiger partial charge in [-0.15, -0.1) is 0 Å². The van der Waals surface area contributed by atoms with Crippen molar-refractivity contribution in [3.63, 3.8) is 0 Å². The summed E-state index contributed by atoms with van der Waals surface area (Å²) in [6, 6.07) is 50.5. The third-order valence-electron chi connectivity index (χ3n) is 9.08. The van der Waals surface area contributed by atoms with Gasteiger partial charge in [0.25, 0.3) is 0 Å². The topological polar surface area (TPSA) is 16.4 Å². The Balaban J connectivity index is 1.38. The summed E-state index contributed by atoms with van der Waals surface area (Å²) in [5.74, 6) is 0. The number of anilines is 3. The van der Waals surface area contributed by atoms with Gasteiger partial charge in [-0.1, -0.05) is 121 Å². The maximum Gasteiger partial charge on any atom is 0.135 e. The van der Waals surface area contributed by atoms with Crippen LogP contribution in [0, 0.1) is 0 Å². The van der Waals surface area contributed by atoms with Crippen molar-refractivity contribution in [1.82, 2.24) is 0 Å². The first-order chi connectivity index (χ1) is 24.0.